The molecular formula is C17H30O3. The number of carbonyl (C=O) groups is 1. The maximum Gasteiger partial charge on any atom is 0.302 e. The van der Waals surface area contributed by atoms with Crippen molar-refractivity contribution in [1.82, 2.24) is 0 Å². The Bertz CT molecular complexity index is 350. The topological polar surface area (TPSA) is 35.5 Å². The van der Waals surface area contributed by atoms with Gasteiger partial charge in [-0.1, -0.05) is 26.7 Å². The summed E-state index contributed by atoms with van der Waals surface area (Å²) < 4.78 is 11.2. The molecule has 2 rings (SSSR count). The molecule has 0 aromatic rings. The van der Waals surface area contributed by atoms with E-state index < -0.39 is 0 Å². The molecule has 3 nitrogen and oxygen atoms in total. The normalized spacial score (nSPS) is 36.8. The van der Waals surface area contributed by atoms with Gasteiger partial charge in [0.15, 0.2) is 0 Å². The molecule has 0 radical (unpaired) electrons. The third-order valence-electron chi connectivity index (χ3n) is 5.49. The molecule has 0 spiro atoms. The summed E-state index contributed by atoms with van der Waals surface area (Å²) in [5, 5.41) is 0. The molecule has 0 aromatic carbocycles. The molecule has 2 fully saturated rings. The van der Waals surface area contributed by atoms with Gasteiger partial charge in [0.05, 0.1) is 12.7 Å². The van der Waals surface area contributed by atoms with Crippen molar-refractivity contribution < 1.29 is 14.3 Å². The van der Waals surface area contributed by atoms with E-state index in [1.165, 1.54) is 32.6 Å². The van der Waals surface area contributed by atoms with Crippen molar-refractivity contribution in [1.29, 1.82) is 0 Å². The number of ether oxygens (including phenoxy) is 2. The van der Waals surface area contributed by atoms with E-state index in [0.29, 0.717) is 24.0 Å². The van der Waals surface area contributed by atoms with Crippen LogP contribution >= 0.6 is 0 Å². The molecule has 2 aliphatic rings. The summed E-state index contributed by atoms with van der Waals surface area (Å²) in [4.78, 5) is 11.3. The summed E-state index contributed by atoms with van der Waals surface area (Å²) in [6.45, 7) is 6.78. The SMILES string of the molecule is CO[C@@H]1CCCC[C@H]1[C@]1(COC(C)=O)CCC(C)(C)C1. The summed E-state index contributed by atoms with van der Waals surface area (Å²) in [7, 11) is 1.84. The zero-order valence-electron chi connectivity index (χ0n) is 13.5. The van der Waals surface area contributed by atoms with Crippen LogP contribution < -0.4 is 0 Å². The molecule has 20 heavy (non-hydrogen) atoms. The minimum absolute atomic E-state index is 0.135. The molecule has 0 amide bonds. The zero-order chi connectivity index (χ0) is 14.8. The van der Waals surface area contributed by atoms with Gasteiger partial charge in [0, 0.05) is 19.4 Å². The summed E-state index contributed by atoms with van der Waals surface area (Å²) in [5.74, 6) is 0.390. The van der Waals surface area contributed by atoms with E-state index in [9.17, 15) is 4.79 Å². The first kappa shape index (κ1) is 15.8. The van der Waals surface area contributed by atoms with E-state index in [4.69, 9.17) is 9.47 Å². The maximum atomic E-state index is 11.3. The first-order valence-corrected chi connectivity index (χ1v) is 8.05. The van der Waals surface area contributed by atoms with Gasteiger partial charge in [-0.2, -0.15) is 0 Å². The lowest BCUT2D eigenvalue weighted by molar-refractivity contribution is -0.149. The maximum absolute atomic E-state index is 11.3. The van der Waals surface area contributed by atoms with Gasteiger partial charge in [0.2, 0.25) is 0 Å². The van der Waals surface area contributed by atoms with Crippen molar-refractivity contribution in [3.8, 4) is 0 Å². The largest absolute Gasteiger partial charge is 0.465 e. The fraction of sp³-hybridized carbons (Fsp3) is 0.941. The smallest absolute Gasteiger partial charge is 0.302 e. The first-order chi connectivity index (χ1) is 9.38. The quantitative estimate of drug-likeness (QED) is 0.732. The lowest BCUT2D eigenvalue weighted by atomic mass is 9.65. The molecule has 0 bridgehead atoms. The standard InChI is InChI=1S/C17H30O3/c1-13(18)20-12-17(10-9-16(2,3)11-17)14-7-5-6-8-15(14)19-4/h14-15H,5-12H2,1-4H3/t14-,15-,17-/m1/s1. The molecule has 0 N–H and O–H groups in total. The second kappa shape index (κ2) is 6.05. The van der Waals surface area contributed by atoms with Gasteiger partial charge in [-0.05, 0) is 43.4 Å². The van der Waals surface area contributed by atoms with E-state index >= 15 is 0 Å². The van der Waals surface area contributed by atoms with Crippen LogP contribution in [0.25, 0.3) is 0 Å². The van der Waals surface area contributed by atoms with Crippen molar-refractivity contribution in [3.05, 3.63) is 0 Å². The number of hydrogen-bond acceptors (Lipinski definition) is 3. The van der Waals surface area contributed by atoms with E-state index in [2.05, 4.69) is 13.8 Å². The van der Waals surface area contributed by atoms with Crippen LogP contribution in [0.5, 0.6) is 0 Å². The number of hydrogen-bond donors (Lipinski definition) is 0. The second-order valence-corrected chi connectivity index (χ2v) is 7.65. The minimum atomic E-state index is -0.154. The molecule has 3 atom stereocenters. The highest BCUT2D eigenvalue weighted by Crippen LogP contribution is 2.56. The van der Waals surface area contributed by atoms with Gasteiger partial charge < -0.3 is 9.47 Å². The Morgan fingerprint density at radius 3 is 2.45 bits per heavy atom. The van der Waals surface area contributed by atoms with E-state index in [-0.39, 0.29) is 11.4 Å². The highest BCUT2D eigenvalue weighted by molar-refractivity contribution is 5.65. The molecular weight excluding hydrogens is 252 g/mol. The molecule has 0 unspecified atom stereocenters. The summed E-state index contributed by atoms with van der Waals surface area (Å²) in [5.41, 5.74) is 0.492. The first-order valence-electron chi connectivity index (χ1n) is 8.05. The zero-order valence-corrected chi connectivity index (χ0v) is 13.5. The Labute approximate surface area is 123 Å². The Morgan fingerprint density at radius 1 is 1.20 bits per heavy atom. The van der Waals surface area contributed by atoms with Gasteiger partial charge in [0.25, 0.3) is 0 Å². The van der Waals surface area contributed by atoms with Crippen LogP contribution in [0.1, 0.15) is 65.7 Å². The molecule has 2 saturated carbocycles. The Balaban J connectivity index is 2.19. The van der Waals surface area contributed by atoms with Gasteiger partial charge >= 0.3 is 5.97 Å². The fourth-order valence-electron chi connectivity index (χ4n) is 4.59. The van der Waals surface area contributed by atoms with Crippen LogP contribution in [0.4, 0.5) is 0 Å². The number of carbonyl (C=O) groups excluding carboxylic acids is 1. The molecule has 0 heterocycles. The predicted molar refractivity (Wildman–Crippen MR) is 79.5 cm³/mol. The average Bonchev–Trinajstić information content (AvgIpc) is 2.73. The van der Waals surface area contributed by atoms with Gasteiger partial charge in [0.1, 0.15) is 0 Å². The third kappa shape index (κ3) is 3.36. The Hall–Kier alpha value is -0.570. The molecule has 2 aliphatic carbocycles. The summed E-state index contributed by atoms with van der Waals surface area (Å²) >= 11 is 0. The van der Waals surface area contributed by atoms with Crippen LogP contribution in [-0.2, 0) is 14.3 Å². The van der Waals surface area contributed by atoms with Crippen molar-refractivity contribution in [2.24, 2.45) is 16.7 Å². The van der Waals surface area contributed by atoms with Crippen molar-refractivity contribution in [3.63, 3.8) is 0 Å². The van der Waals surface area contributed by atoms with Crippen LogP contribution in [0.2, 0.25) is 0 Å². The van der Waals surface area contributed by atoms with E-state index in [0.717, 1.165) is 19.3 Å². The molecule has 0 saturated heterocycles. The Kier molecular flexibility index (Phi) is 4.78. The Morgan fingerprint density at radius 2 is 1.90 bits per heavy atom. The summed E-state index contributed by atoms with van der Waals surface area (Å²) in [6, 6.07) is 0. The van der Waals surface area contributed by atoms with Crippen LogP contribution in [0.15, 0.2) is 0 Å². The third-order valence-corrected chi connectivity index (χ3v) is 5.49. The lowest BCUT2D eigenvalue weighted by Crippen LogP contribution is -2.43. The molecule has 116 valence electrons. The minimum Gasteiger partial charge on any atom is -0.465 e. The highest BCUT2D eigenvalue weighted by atomic mass is 16.5. The van der Waals surface area contributed by atoms with Crippen molar-refractivity contribution in [2.45, 2.75) is 71.8 Å². The van der Waals surface area contributed by atoms with Gasteiger partial charge in [-0.3, -0.25) is 4.79 Å². The summed E-state index contributed by atoms with van der Waals surface area (Å²) in [6.07, 6.45) is 8.80. The second-order valence-electron chi connectivity index (χ2n) is 7.65. The lowest BCUT2D eigenvalue weighted by Gasteiger charge is -2.44. The van der Waals surface area contributed by atoms with Crippen LogP contribution in [0, 0.1) is 16.7 Å². The van der Waals surface area contributed by atoms with Crippen LogP contribution in [0.3, 0.4) is 0 Å². The number of esters is 1. The van der Waals surface area contributed by atoms with Crippen LogP contribution in [-0.4, -0.2) is 25.8 Å². The fourth-order valence-corrected chi connectivity index (χ4v) is 4.59. The average molecular weight is 282 g/mol. The highest BCUT2D eigenvalue weighted by Gasteiger charge is 2.51. The number of rotatable bonds is 4. The van der Waals surface area contributed by atoms with E-state index in [1.54, 1.807) is 0 Å². The number of methoxy groups -OCH3 is 1. The van der Waals surface area contributed by atoms with Gasteiger partial charge in [-0.25, -0.2) is 0 Å². The molecule has 0 aliphatic heterocycles. The molecule has 0 aromatic heterocycles. The monoisotopic (exact) mass is 282 g/mol. The molecule has 3 heteroatoms. The predicted octanol–water partition coefficient (Wildman–Crippen LogP) is 3.95. The van der Waals surface area contributed by atoms with Crippen molar-refractivity contribution in [2.75, 3.05) is 13.7 Å². The van der Waals surface area contributed by atoms with Crippen molar-refractivity contribution >= 4 is 5.97 Å². The van der Waals surface area contributed by atoms with E-state index in [1.807, 2.05) is 7.11 Å². The van der Waals surface area contributed by atoms with Gasteiger partial charge in [-0.15, -0.1) is 0 Å².